The zero-order chi connectivity index (χ0) is 14.3. The van der Waals surface area contributed by atoms with Gasteiger partial charge in [-0.1, -0.05) is 0 Å². The van der Waals surface area contributed by atoms with Crippen molar-refractivity contribution in [3.8, 4) is 6.07 Å². The highest BCUT2D eigenvalue weighted by Gasteiger charge is 2.14. The molecule has 0 saturated carbocycles. The van der Waals surface area contributed by atoms with Crippen LogP contribution in [0.5, 0.6) is 0 Å². The van der Waals surface area contributed by atoms with Gasteiger partial charge in [0.25, 0.3) is 5.91 Å². The second-order valence-electron chi connectivity index (χ2n) is 4.68. The van der Waals surface area contributed by atoms with Gasteiger partial charge in [-0.15, -0.1) is 0 Å². The number of allylic oxidation sites excluding steroid dienone is 1. The zero-order valence-corrected chi connectivity index (χ0v) is 11.9. The van der Waals surface area contributed by atoms with Crippen LogP contribution in [-0.4, -0.2) is 69.2 Å². The van der Waals surface area contributed by atoms with Crippen molar-refractivity contribution in [2.24, 2.45) is 0 Å². The van der Waals surface area contributed by atoms with Gasteiger partial charge < -0.3 is 15.0 Å². The summed E-state index contributed by atoms with van der Waals surface area (Å²) in [7, 11) is 3.63. The molecular weight excluding hydrogens is 244 g/mol. The Morgan fingerprint density at radius 2 is 2.05 bits per heavy atom. The van der Waals surface area contributed by atoms with E-state index in [4.69, 9.17) is 10.00 Å². The monoisotopic (exact) mass is 266 g/mol. The Morgan fingerprint density at radius 3 is 2.58 bits per heavy atom. The van der Waals surface area contributed by atoms with Crippen LogP contribution >= 0.6 is 0 Å². The first-order chi connectivity index (χ1) is 9.06. The van der Waals surface area contributed by atoms with E-state index in [0.717, 1.165) is 32.8 Å². The second-order valence-corrected chi connectivity index (χ2v) is 4.68. The lowest BCUT2D eigenvalue weighted by Crippen LogP contribution is -2.41. The number of carbonyl (C=O) groups excluding carboxylic acids is 1. The number of nitrogens with one attached hydrogen (secondary N) is 1. The SMILES string of the molecule is C/C(=C(\C#N)C(=O)NCCN1CCOCC1)N(C)C. The van der Waals surface area contributed by atoms with Crippen molar-refractivity contribution in [3.05, 3.63) is 11.3 Å². The molecule has 1 rings (SSSR count). The molecule has 1 heterocycles. The summed E-state index contributed by atoms with van der Waals surface area (Å²) in [6.07, 6.45) is 0. The summed E-state index contributed by atoms with van der Waals surface area (Å²) >= 11 is 0. The quantitative estimate of drug-likeness (QED) is 0.551. The van der Waals surface area contributed by atoms with E-state index in [0.29, 0.717) is 12.2 Å². The lowest BCUT2D eigenvalue weighted by molar-refractivity contribution is -0.117. The smallest absolute Gasteiger partial charge is 0.263 e. The van der Waals surface area contributed by atoms with Crippen LogP contribution in [0, 0.1) is 11.3 Å². The summed E-state index contributed by atoms with van der Waals surface area (Å²) in [6, 6.07) is 1.96. The van der Waals surface area contributed by atoms with E-state index >= 15 is 0 Å². The van der Waals surface area contributed by atoms with E-state index in [9.17, 15) is 4.79 Å². The average molecular weight is 266 g/mol. The van der Waals surface area contributed by atoms with E-state index in [1.54, 1.807) is 11.8 Å². The Hall–Kier alpha value is -1.58. The van der Waals surface area contributed by atoms with Gasteiger partial charge in [-0.05, 0) is 6.92 Å². The predicted molar refractivity (Wildman–Crippen MR) is 72.3 cm³/mol. The molecule has 0 bridgehead atoms. The van der Waals surface area contributed by atoms with Crippen molar-refractivity contribution in [3.63, 3.8) is 0 Å². The van der Waals surface area contributed by atoms with Crippen LogP contribution < -0.4 is 5.32 Å². The van der Waals surface area contributed by atoms with Gasteiger partial charge >= 0.3 is 0 Å². The molecule has 0 radical (unpaired) electrons. The first-order valence-electron chi connectivity index (χ1n) is 6.43. The molecule has 6 heteroatoms. The van der Waals surface area contributed by atoms with Crippen LogP contribution in [0.2, 0.25) is 0 Å². The van der Waals surface area contributed by atoms with Gasteiger partial charge in [-0.2, -0.15) is 5.26 Å². The Balaban J connectivity index is 2.41. The lowest BCUT2D eigenvalue weighted by Gasteiger charge is -2.26. The van der Waals surface area contributed by atoms with E-state index in [-0.39, 0.29) is 11.5 Å². The summed E-state index contributed by atoms with van der Waals surface area (Å²) in [6.45, 7) is 6.38. The van der Waals surface area contributed by atoms with E-state index in [2.05, 4.69) is 10.2 Å². The molecule has 106 valence electrons. The minimum absolute atomic E-state index is 0.173. The Bertz CT molecular complexity index is 379. The molecule has 0 unspecified atom stereocenters. The van der Waals surface area contributed by atoms with Crippen molar-refractivity contribution < 1.29 is 9.53 Å². The lowest BCUT2D eigenvalue weighted by atomic mass is 10.2. The van der Waals surface area contributed by atoms with Crippen LogP contribution in [0.15, 0.2) is 11.3 Å². The first kappa shape index (κ1) is 15.5. The van der Waals surface area contributed by atoms with Gasteiger partial charge in [0.15, 0.2) is 0 Å². The van der Waals surface area contributed by atoms with Gasteiger partial charge in [0, 0.05) is 46.0 Å². The fourth-order valence-electron chi connectivity index (χ4n) is 1.76. The Morgan fingerprint density at radius 1 is 1.42 bits per heavy atom. The third-order valence-corrected chi connectivity index (χ3v) is 3.19. The number of hydrogen-bond acceptors (Lipinski definition) is 5. The molecule has 1 aliphatic rings. The van der Waals surface area contributed by atoms with Gasteiger partial charge in [0.2, 0.25) is 0 Å². The summed E-state index contributed by atoms with van der Waals surface area (Å²) < 4.78 is 5.26. The standard InChI is InChI=1S/C13H22N4O2/c1-11(16(2)3)12(10-14)13(18)15-4-5-17-6-8-19-9-7-17/h4-9H2,1-3H3,(H,15,18)/b12-11-. The summed E-state index contributed by atoms with van der Waals surface area (Å²) in [4.78, 5) is 15.9. The second kappa shape index (κ2) is 7.77. The van der Waals surface area contributed by atoms with Crippen molar-refractivity contribution in [2.45, 2.75) is 6.92 Å². The van der Waals surface area contributed by atoms with Crippen LogP contribution in [0.3, 0.4) is 0 Å². The molecular formula is C13H22N4O2. The molecule has 0 aromatic carbocycles. The summed E-state index contributed by atoms with van der Waals surface area (Å²) in [5.41, 5.74) is 0.846. The predicted octanol–water partition coefficient (Wildman–Crippen LogP) is -0.206. The molecule has 0 spiro atoms. The van der Waals surface area contributed by atoms with Crippen LogP contribution in [-0.2, 0) is 9.53 Å². The average Bonchev–Trinajstić information content (AvgIpc) is 2.40. The minimum atomic E-state index is -0.304. The molecule has 0 atom stereocenters. The molecule has 6 nitrogen and oxygen atoms in total. The number of nitrogens with zero attached hydrogens (tertiary/aromatic N) is 3. The molecule has 0 aromatic rings. The third kappa shape index (κ3) is 4.89. The van der Waals surface area contributed by atoms with Crippen molar-refractivity contribution >= 4 is 5.91 Å². The number of morpholine rings is 1. The van der Waals surface area contributed by atoms with Gasteiger partial charge in [-0.3, -0.25) is 9.69 Å². The summed E-state index contributed by atoms with van der Waals surface area (Å²) in [5.74, 6) is -0.304. The first-order valence-corrected chi connectivity index (χ1v) is 6.43. The van der Waals surface area contributed by atoms with Crippen molar-refractivity contribution in [1.29, 1.82) is 5.26 Å². The highest BCUT2D eigenvalue weighted by atomic mass is 16.5. The van der Waals surface area contributed by atoms with Gasteiger partial charge in [-0.25, -0.2) is 0 Å². The molecule has 1 aliphatic heterocycles. The van der Waals surface area contributed by atoms with Gasteiger partial charge in [0.1, 0.15) is 11.6 Å². The Kier molecular flexibility index (Phi) is 6.33. The van der Waals surface area contributed by atoms with Crippen molar-refractivity contribution in [1.82, 2.24) is 15.1 Å². The molecule has 1 fully saturated rings. The number of hydrogen-bond donors (Lipinski definition) is 1. The zero-order valence-electron chi connectivity index (χ0n) is 11.9. The van der Waals surface area contributed by atoms with Crippen LogP contribution in [0.1, 0.15) is 6.92 Å². The molecule has 19 heavy (non-hydrogen) atoms. The number of rotatable bonds is 5. The highest BCUT2D eigenvalue weighted by molar-refractivity contribution is 5.97. The normalized spacial score (nSPS) is 17.4. The number of ether oxygens (including phenoxy) is 1. The van der Waals surface area contributed by atoms with E-state index < -0.39 is 0 Å². The highest BCUT2D eigenvalue weighted by Crippen LogP contribution is 2.05. The fraction of sp³-hybridized carbons (Fsp3) is 0.692. The molecule has 1 N–H and O–H groups in total. The van der Waals surface area contributed by atoms with Crippen LogP contribution in [0.25, 0.3) is 0 Å². The minimum Gasteiger partial charge on any atom is -0.380 e. The van der Waals surface area contributed by atoms with E-state index in [1.165, 1.54) is 0 Å². The van der Waals surface area contributed by atoms with Crippen LogP contribution in [0.4, 0.5) is 0 Å². The van der Waals surface area contributed by atoms with Gasteiger partial charge in [0.05, 0.1) is 13.2 Å². The maximum Gasteiger partial charge on any atom is 0.263 e. The molecule has 1 amide bonds. The number of nitriles is 1. The molecule has 0 aromatic heterocycles. The molecule has 1 saturated heterocycles. The summed E-state index contributed by atoms with van der Waals surface area (Å²) in [5, 5.41) is 11.8. The van der Waals surface area contributed by atoms with Crippen molar-refractivity contribution in [2.75, 3.05) is 53.5 Å². The Labute approximate surface area is 114 Å². The fourth-order valence-corrected chi connectivity index (χ4v) is 1.76. The molecule has 0 aliphatic carbocycles. The topological polar surface area (TPSA) is 68.6 Å². The largest absolute Gasteiger partial charge is 0.380 e. The number of carbonyl (C=O) groups is 1. The third-order valence-electron chi connectivity index (χ3n) is 3.19. The maximum absolute atomic E-state index is 11.9. The maximum atomic E-state index is 11.9. The number of amides is 1. The van der Waals surface area contributed by atoms with E-state index in [1.807, 2.05) is 20.2 Å².